The predicted octanol–water partition coefficient (Wildman–Crippen LogP) is 3.56. The summed E-state index contributed by atoms with van der Waals surface area (Å²) in [5, 5.41) is 6.15. The zero-order valence-corrected chi connectivity index (χ0v) is 16.3. The van der Waals surface area contributed by atoms with Crippen LogP contribution in [0.15, 0.2) is 40.3 Å². The third kappa shape index (κ3) is 7.17. The highest BCUT2D eigenvalue weighted by Gasteiger charge is 2.08. The topological polar surface area (TPSA) is 56.7 Å². The van der Waals surface area contributed by atoms with Crippen molar-refractivity contribution in [1.82, 2.24) is 10.2 Å². The molecule has 0 aliphatic carbocycles. The number of anilines is 1. The van der Waals surface area contributed by atoms with Gasteiger partial charge in [0.1, 0.15) is 0 Å². The van der Waals surface area contributed by atoms with Crippen LogP contribution in [0.3, 0.4) is 0 Å². The normalized spacial score (nSPS) is 11.1. The molecule has 0 saturated heterocycles. The van der Waals surface area contributed by atoms with Gasteiger partial charge in [0.05, 0.1) is 0 Å². The fourth-order valence-corrected chi connectivity index (χ4v) is 2.71. The molecular weight excluding hydrogens is 368 g/mol. The molecule has 0 atom stereocenters. The van der Waals surface area contributed by atoms with Gasteiger partial charge < -0.3 is 15.5 Å². The van der Waals surface area contributed by atoms with Crippen LogP contribution < -0.4 is 10.6 Å². The van der Waals surface area contributed by atoms with E-state index in [-0.39, 0.29) is 5.91 Å². The quantitative estimate of drug-likeness (QED) is 0.306. The SMILES string of the molecule is C=CCCCN(C)C(=NC)NCCC(=O)Nc1ccc(Br)cc1C. The number of nitrogens with zero attached hydrogens (tertiary/aromatic N) is 2. The van der Waals surface area contributed by atoms with Crippen LogP contribution in [0.1, 0.15) is 24.8 Å². The number of unbranched alkanes of at least 4 members (excludes halogenated alkanes) is 1. The van der Waals surface area contributed by atoms with Crippen molar-refractivity contribution in [1.29, 1.82) is 0 Å². The third-order valence-corrected chi connectivity index (χ3v) is 4.07. The molecule has 24 heavy (non-hydrogen) atoms. The average Bonchev–Trinajstić information content (AvgIpc) is 2.54. The Hall–Kier alpha value is -1.82. The Morgan fingerprint density at radius 2 is 2.21 bits per heavy atom. The molecular formula is C18H27BrN4O. The second kappa shape index (κ2) is 10.9. The lowest BCUT2D eigenvalue weighted by Gasteiger charge is -2.21. The van der Waals surface area contributed by atoms with E-state index in [9.17, 15) is 4.79 Å². The number of allylic oxidation sites excluding steroid dienone is 1. The van der Waals surface area contributed by atoms with Crippen LogP contribution in [0.4, 0.5) is 5.69 Å². The molecule has 0 aromatic heterocycles. The Morgan fingerprint density at radius 3 is 2.83 bits per heavy atom. The van der Waals surface area contributed by atoms with E-state index in [2.05, 4.69) is 43.0 Å². The molecule has 0 fully saturated rings. The number of aryl methyl sites for hydroxylation is 1. The van der Waals surface area contributed by atoms with Gasteiger partial charge in [-0.2, -0.15) is 0 Å². The summed E-state index contributed by atoms with van der Waals surface area (Å²) in [4.78, 5) is 18.4. The molecule has 6 heteroatoms. The number of amides is 1. The summed E-state index contributed by atoms with van der Waals surface area (Å²) in [5.41, 5.74) is 1.87. The van der Waals surface area contributed by atoms with E-state index in [1.807, 2.05) is 38.2 Å². The van der Waals surface area contributed by atoms with Gasteiger partial charge in [0.25, 0.3) is 0 Å². The van der Waals surface area contributed by atoms with E-state index in [0.717, 1.165) is 41.1 Å². The minimum atomic E-state index is -0.0160. The van der Waals surface area contributed by atoms with Crippen molar-refractivity contribution in [2.45, 2.75) is 26.2 Å². The second-order valence-corrected chi connectivity index (χ2v) is 6.50. The smallest absolute Gasteiger partial charge is 0.226 e. The molecule has 5 nitrogen and oxygen atoms in total. The van der Waals surface area contributed by atoms with Gasteiger partial charge in [0.15, 0.2) is 5.96 Å². The van der Waals surface area contributed by atoms with Crippen LogP contribution in [-0.4, -0.2) is 44.0 Å². The number of benzene rings is 1. The molecule has 0 bridgehead atoms. The predicted molar refractivity (Wildman–Crippen MR) is 106 cm³/mol. The maximum Gasteiger partial charge on any atom is 0.226 e. The Kier molecular flexibility index (Phi) is 9.15. The largest absolute Gasteiger partial charge is 0.356 e. The van der Waals surface area contributed by atoms with Crippen molar-refractivity contribution >= 4 is 33.5 Å². The molecule has 1 rings (SSSR count). The molecule has 0 saturated carbocycles. The number of hydrogen-bond donors (Lipinski definition) is 2. The fraction of sp³-hybridized carbons (Fsp3) is 0.444. The van der Waals surface area contributed by atoms with Gasteiger partial charge in [-0.1, -0.05) is 22.0 Å². The Balaban J connectivity index is 2.39. The first-order valence-electron chi connectivity index (χ1n) is 8.06. The van der Waals surface area contributed by atoms with Crippen LogP contribution in [0, 0.1) is 6.92 Å². The molecule has 2 N–H and O–H groups in total. The molecule has 0 heterocycles. The number of hydrogen-bond acceptors (Lipinski definition) is 2. The first kappa shape index (κ1) is 20.2. The van der Waals surface area contributed by atoms with Crippen LogP contribution >= 0.6 is 15.9 Å². The summed E-state index contributed by atoms with van der Waals surface area (Å²) in [6.45, 7) is 7.14. The number of nitrogens with one attached hydrogen (secondary N) is 2. The minimum Gasteiger partial charge on any atom is -0.356 e. The molecule has 0 unspecified atom stereocenters. The molecule has 1 aromatic rings. The second-order valence-electron chi connectivity index (χ2n) is 5.58. The number of guanidine groups is 1. The fourth-order valence-electron chi connectivity index (χ4n) is 2.23. The maximum atomic E-state index is 12.1. The highest BCUT2D eigenvalue weighted by Crippen LogP contribution is 2.20. The van der Waals surface area contributed by atoms with Crippen molar-refractivity contribution in [2.75, 3.05) is 32.5 Å². The van der Waals surface area contributed by atoms with Gasteiger partial charge in [-0.05, 0) is 43.5 Å². The van der Waals surface area contributed by atoms with Crippen LogP contribution in [0.5, 0.6) is 0 Å². The summed E-state index contributed by atoms with van der Waals surface area (Å²) >= 11 is 3.42. The highest BCUT2D eigenvalue weighted by molar-refractivity contribution is 9.10. The lowest BCUT2D eigenvalue weighted by molar-refractivity contribution is -0.116. The van der Waals surface area contributed by atoms with Gasteiger partial charge in [0.2, 0.25) is 5.91 Å². The van der Waals surface area contributed by atoms with Gasteiger partial charge in [0, 0.05) is 43.8 Å². The maximum absolute atomic E-state index is 12.1. The molecule has 0 radical (unpaired) electrons. The molecule has 132 valence electrons. The van der Waals surface area contributed by atoms with Crippen LogP contribution in [0.2, 0.25) is 0 Å². The lowest BCUT2D eigenvalue weighted by Crippen LogP contribution is -2.40. The van der Waals surface area contributed by atoms with Crippen molar-refractivity contribution in [3.63, 3.8) is 0 Å². The zero-order valence-electron chi connectivity index (χ0n) is 14.7. The van der Waals surface area contributed by atoms with E-state index in [1.165, 1.54) is 0 Å². The summed E-state index contributed by atoms with van der Waals surface area (Å²) < 4.78 is 1.00. The molecule has 0 spiro atoms. The summed E-state index contributed by atoms with van der Waals surface area (Å²) in [7, 11) is 3.74. The molecule has 1 aromatic carbocycles. The van der Waals surface area contributed by atoms with E-state index in [1.54, 1.807) is 7.05 Å². The van der Waals surface area contributed by atoms with E-state index in [0.29, 0.717) is 13.0 Å². The van der Waals surface area contributed by atoms with Crippen LogP contribution in [0.25, 0.3) is 0 Å². The Morgan fingerprint density at radius 1 is 1.46 bits per heavy atom. The van der Waals surface area contributed by atoms with E-state index >= 15 is 0 Å². The molecule has 0 aliphatic rings. The van der Waals surface area contributed by atoms with Crippen molar-refractivity contribution in [2.24, 2.45) is 4.99 Å². The standard InChI is InChI=1S/C18H27BrN4O/c1-5-6-7-12-23(4)18(20-3)21-11-10-17(24)22-16-9-8-15(19)13-14(16)2/h5,8-9,13H,1,6-7,10-12H2,2-4H3,(H,20,21)(H,22,24). The lowest BCUT2D eigenvalue weighted by atomic mass is 10.2. The van der Waals surface area contributed by atoms with Gasteiger partial charge in [-0.15, -0.1) is 6.58 Å². The van der Waals surface area contributed by atoms with E-state index < -0.39 is 0 Å². The Bertz CT molecular complexity index is 586. The first-order valence-corrected chi connectivity index (χ1v) is 8.86. The molecule has 1 amide bonds. The van der Waals surface area contributed by atoms with Gasteiger partial charge in [-0.25, -0.2) is 0 Å². The van der Waals surface area contributed by atoms with Gasteiger partial charge in [-0.3, -0.25) is 9.79 Å². The third-order valence-electron chi connectivity index (χ3n) is 3.57. The molecule has 0 aliphatic heterocycles. The summed E-state index contributed by atoms with van der Waals surface area (Å²) in [5.74, 6) is 0.782. The van der Waals surface area contributed by atoms with Crippen molar-refractivity contribution in [3.05, 3.63) is 40.9 Å². The summed E-state index contributed by atoms with van der Waals surface area (Å²) in [6, 6.07) is 5.80. The van der Waals surface area contributed by atoms with E-state index in [4.69, 9.17) is 0 Å². The van der Waals surface area contributed by atoms with Crippen molar-refractivity contribution in [3.8, 4) is 0 Å². The number of carbonyl (C=O) groups is 1. The van der Waals surface area contributed by atoms with Crippen molar-refractivity contribution < 1.29 is 4.79 Å². The Labute approximate surface area is 153 Å². The summed E-state index contributed by atoms with van der Waals surface area (Å²) in [6.07, 6.45) is 4.31. The number of carbonyl (C=O) groups excluding carboxylic acids is 1. The number of halogens is 1. The highest BCUT2D eigenvalue weighted by atomic mass is 79.9. The first-order chi connectivity index (χ1) is 11.5. The monoisotopic (exact) mass is 394 g/mol. The average molecular weight is 395 g/mol. The van der Waals surface area contributed by atoms with Crippen LogP contribution in [-0.2, 0) is 4.79 Å². The number of aliphatic imine (C=N–C) groups is 1. The van der Waals surface area contributed by atoms with Gasteiger partial charge >= 0.3 is 0 Å². The number of rotatable bonds is 8. The zero-order chi connectivity index (χ0) is 17.9. The minimum absolute atomic E-state index is 0.0160.